The fraction of sp³-hybridized carbons (Fsp3) is 0.188. The molecule has 0 heterocycles. The largest absolute Gasteiger partial charge is 0.418 e. The third-order valence-electron chi connectivity index (χ3n) is 3.63. The number of nitro groups is 1. The Hall–Kier alpha value is -2.99. The molecule has 8 nitrogen and oxygen atoms in total. The predicted molar refractivity (Wildman–Crippen MR) is 93.0 cm³/mol. The van der Waals surface area contributed by atoms with Crippen LogP contribution in [-0.2, 0) is 21.0 Å². The van der Waals surface area contributed by atoms with E-state index in [2.05, 4.69) is 0 Å². The Kier molecular flexibility index (Phi) is 6.04. The molecule has 0 aliphatic carbocycles. The molecule has 1 amide bonds. The van der Waals surface area contributed by atoms with Crippen molar-refractivity contribution in [2.75, 3.05) is 18.9 Å². The fourth-order valence-corrected chi connectivity index (χ4v) is 3.36. The third kappa shape index (κ3) is 4.84. The van der Waals surface area contributed by atoms with Crippen LogP contribution < -0.4 is 5.32 Å². The van der Waals surface area contributed by atoms with Crippen molar-refractivity contribution in [2.24, 2.45) is 0 Å². The van der Waals surface area contributed by atoms with Gasteiger partial charge in [0.2, 0.25) is 15.9 Å². The van der Waals surface area contributed by atoms with Crippen molar-refractivity contribution in [1.29, 1.82) is 0 Å². The molecule has 150 valence electrons. The van der Waals surface area contributed by atoms with Crippen LogP contribution in [0.25, 0.3) is 0 Å². The number of rotatable bonds is 6. The zero-order valence-electron chi connectivity index (χ0n) is 14.3. The molecule has 0 saturated heterocycles. The number of nitro benzene ring substituents is 1. The summed E-state index contributed by atoms with van der Waals surface area (Å²) in [4.78, 5) is 21.7. The second kappa shape index (κ2) is 7.94. The zero-order chi connectivity index (χ0) is 21.1. The first kappa shape index (κ1) is 21.3. The Morgan fingerprint density at radius 2 is 1.71 bits per heavy atom. The number of alkyl halides is 3. The van der Waals surface area contributed by atoms with E-state index in [4.69, 9.17) is 0 Å². The summed E-state index contributed by atoms with van der Waals surface area (Å²) in [5.74, 6) is -0.982. The highest BCUT2D eigenvalue weighted by molar-refractivity contribution is 7.89. The van der Waals surface area contributed by atoms with Crippen molar-refractivity contribution in [3.8, 4) is 0 Å². The SMILES string of the molecule is CN(CC(=O)Nc1ccccc1C(F)(F)F)S(=O)(=O)c1ccc([N+](=O)[O-])cc1. The lowest BCUT2D eigenvalue weighted by Gasteiger charge is -2.18. The molecule has 0 fully saturated rings. The van der Waals surface area contributed by atoms with Crippen LogP contribution in [0.1, 0.15) is 5.56 Å². The molecule has 2 aromatic rings. The molecule has 0 spiro atoms. The number of carbonyl (C=O) groups excluding carboxylic acids is 1. The van der Waals surface area contributed by atoms with Crippen LogP contribution in [0.4, 0.5) is 24.5 Å². The number of amides is 1. The molecule has 0 saturated carbocycles. The van der Waals surface area contributed by atoms with Crippen LogP contribution in [0.15, 0.2) is 53.4 Å². The topological polar surface area (TPSA) is 110 Å². The van der Waals surface area contributed by atoms with Crippen LogP contribution in [0.2, 0.25) is 0 Å². The minimum Gasteiger partial charge on any atom is -0.324 e. The second-order valence-electron chi connectivity index (χ2n) is 5.60. The quantitative estimate of drug-likeness (QED) is 0.574. The van der Waals surface area contributed by atoms with Crippen molar-refractivity contribution in [1.82, 2.24) is 4.31 Å². The van der Waals surface area contributed by atoms with Gasteiger partial charge in [0.05, 0.1) is 27.6 Å². The maximum atomic E-state index is 13.0. The van der Waals surface area contributed by atoms with E-state index < -0.39 is 44.8 Å². The van der Waals surface area contributed by atoms with Crippen molar-refractivity contribution in [3.05, 3.63) is 64.2 Å². The van der Waals surface area contributed by atoms with Crippen LogP contribution in [0.3, 0.4) is 0 Å². The molecule has 1 N–H and O–H groups in total. The van der Waals surface area contributed by atoms with E-state index in [1.54, 1.807) is 0 Å². The zero-order valence-corrected chi connectivity index (χ0v) is 15.1. The van der Waals surface area contributed by atoms with E-state index in [1.165, 1.54) is 6.07 Å². The number of non-ortho nitro benzene ring substituents is 1. The molecular weight excluding hydrogens is 403 g/mol. The van der Waals surface area contributed by atoms with Gasteiger partial charge in [0.25, 0.3) is 5.69 Å². The number of nitrogens with zero attached hydrogens (tertiary/aromatic N) is 2. The van der Waals surface area contributed by atoms with Gasteiger partial charge in [-0.3, -0.25) is 14.9 Å². The molecule has 28 heavy (non-hydrogen) atoms. The molecular formula is C16H14F3N3O5S. The molecule has 0 atom stereocenters. The Bertz CT molecular complexity index is 991. The standard InChI is InChI=1S/C16H14F3N3O5S/c1-21(28(26,27)12-8-6-11(7-9-12)22(24)25)10-15(23)20-14-5-3-2-4-13(14)16(17,18)19/h2-9H,10H2,1H3,(H,20,23). The van der Waals surface area contributed by atoms with Crippen LogP contribution in [-0.4, -0.2) is 37.1 Å². The van der Waals surface area contributed by atoms with E-state index in [0.29, 0.717) is 4.31 Å². The minimum atomic E-state index is -4.69. The van der Waals surface area contributed by atoms with E-state index >= 15 is 0 Å². The van der Waals surface area contributed by atoms with Gasteiger partial charge in [-0.05, 0) is 24.3 Å². The summed E-state index contributed by atoms with van der Waals surface area (Å²) in [6.45, 7) is -0.758. The number of halogens is 3. The van der Waals surface area contributed by atoms with Gasteiger partial charge < -0.3 is 5.32 Å². The lowest BCUT2D eigenvalue weighted by atomic mass is 10.1. The first-order valence-corrected chi connectivity index (χ1v) is 9.04. The van der Waals surface area contributed by atoms with Crippen LogP contribution in [0.5, 0.6) is 0 Å². The maximum absolute atomic E-state index is 13.0. The Morgan fingerprint density at radius 3 is 2.25 bits per heavy atom. The average Bonchev–Trinajstić information content (AvgIpc) is 2.61. The van der Waals surface area contributed by atoms with Gasteiger partial charge in [0.1, 0.15) is 0 Å². The van der Waals surface area contributed by atoms with Gasteiger partial charge >= 0.3 is 6.18 Å². The van der Waals surface area contributed by atoms with Crippen molar-refractivity contribution < 1.29 is 31.3 Å². The second-order valence-corrected chi connectivity index (χ2v) is 7.65. The first-order chi connectivity index (χ1) is 12.9. The Morgan fingerprint density at radius 1 is 1.14 bits per heavy atom. The highest BCUT2D eigenvalue weighted by Gasteiger charge is 2.34. The fourth-order valence-electron chi connectivity index (χ4n) is 2.24. The Balaban J connectivity index is 2.15. The highest BCUT2D eigenvalue weighted by Crippen LogP contribution is 2.34. The van der Waals surface area contributed by atoms with Crippen molar-refractivity contribution in [2.45, 2.75) is 11.1 Å². The number of sulfonamides is 1. The summed E-state index contributed by atoms with van der Waals surface area (Å²) in [6.07, 6.45) is -4.69. The number of anilines is 1. The highest BCUT2D eigenvalue weighted by atomic mass is 32.2. The average molecular weight is 417 g/mol. The summed E-state index contributed by atoms with van der Waals surface area (Å²) in [7, 11) is -3.12. The van der Waals surface area contributed by atoms with Gasteiger partial charge in [-0.25, -0.2) is 8.42 Å². The Labute approximate surface area is 157 Å². The third-order valence-corrected chi connectivity index (χ3v) is 5.45. The maximum Gasteiger partial charge on any atom is 0.418 e. The van der Waals surface area contributed by atoms with Gasteiger partial charge in [0, 0.05) is 19.2 Å². The summed E-state index contributed by atoms with van der Waals surface area (Å²) in [6, 6.07) is 8.26. The monoisotopic (exact) mass is 417 g/mol. The van der Waals surface area contributed by atoms with E-state index in [1.807, 2.05) is 5.32 Å². The number of para-hydroxylation sites is 1. The normalized spacial score (nSPS) is 12.0. The molecule has 12 heteroatoms. The summed E-state index contributed by atoms with van der Waals surface area (Å²) in [5, 5.41) is 12.7. The smallest absolute Gasteiger partial charge is 0.324 e. The molecule has 0 aromatic heterocycles. The van der Waals surface area contributed by atoms with Gasteiger partial charge in [-0.1, -0.05) is 12.1 Å². The number of hydrogen-bond acceptors (Lipinski definition) is 5. The lowest BCUT2D eigenvalue weighted by Crippen LogP contribution is -2.35. The molecule has 0 aliphatic heterocycles. The molecule has 0 bridgehead atoms. The number of likely N-dealkylation sites (N-methyl/N-ethyl adjacent to an activating group) is 1. The minimum absolute atomic E-state index is 0.302. The number of benzene rings is 2. The first-order valence-electron chi connectivity index (χ1n) is 7.60. The molecule has 0 radical (unpaired) electrons. The van der Waals surface area contributed by atoms with Gasteiger partial charge in [-0.2, -0.15) is 17.5 Å². The number of carbonyl (C=O) groups is 1. The summed E-state index contributed by atoms with van der Waals surface area (Å²) in [5.41, 5.74) is -1.88. The summed E-state index contributed by atoms with van der Waals surface area (Å²) < 4.78 is 64.3. The van der Waals surface area contributed by atoms with E-state index in [0.717, 1.165) is 49.5 Å². The molecule has 2 aromatic carbocycles. The predicted octanol–water partition coefficient (Wildman–Crippen LogP) is 2.87. The van der Waals surface area contributed by atoms with E-state index in [-0.39, 0.29) is 10.6 Å². The molecule has 2 rings (SSSR count). The van der Waals surface area contributed by atoms with E-state index in [9.17, 15) is 36.5 Å². The van der Waals surface area contributed by atoms with Crippen molar-refractivity contribution >= 4 is 27.3 Å². The van der Waals surface area contributed by atoms with Crippen LogP contribution >= 0.6 is 0 Å². The lowest BCUT2D eigenvalue weighted by molar-refractivity contribution is -0.384. The molecule has 0 unspecified atom stereocenters. The number of hydrogen-bond donors (Lipinski definition) is 1. The van der Waals surface area contributed by atoms with Crippen molar-refractivity contribution in [3.63, 3.8) is 0 Å². The molecule has 0 aliphatic rings. The summed E-state index contributed by atoms with van der Waals surface area (Å²) >= 11 is 0. The van der Waals surface area contributed by atoms with Gasteiger partial charge in [0.15, 0.2) is 0 Å². The van der Waals surface area contributed by atoms with Gasteiger partial charge in [-0.15, -0.1) is 0 Å². The number of nitrogens with one attached hydrogen (secondary N) is 1. The van der Waals surface area contributed by atoms with Crippen LogP contribution in [0, 0.1) is 10.1 Å².